The van der Waals surface area contributed by atoms with E-state index in [0.717, 1.165) is 30.9 Å². The second-order valence-electron chi connectivity index (χ2n) is 5.25. The maximum atomic E-state index is 12.7. The van der Waals surface area contributed by atoms with E-state index in [9.17, 15) is 13.2 Å². The second kappa shape index (κ2) is 4.57. The van der Waals surface area contributed by atoms with Gasteiger partial charge in [0.05, 0.1) is 5.56 Å². The van der Waals surface area contributed by atoms with Crippen LogP contribution in [0.4, 0.5) is 13.2 Å². The van der Waals surface area contributed by atoms with Crippen LogP contribution in [0.15, 0.2) is 24.3 Å². The molecule has 1 fully saturated rings. The molecule has 0 bridgehead atoms. The molecule has 0 heterocycles. The van der Waals surface area contributed by atoms with Crippen LogP contribution in [0.3, 0.4) is 0 Å². The fourth-order valence-electron chi connectivity index (χ4n) is 2.88. The van der Waals surface area contributed by atoms with E-state index in [1.54, 1.807) is 6.07 Å². The Hall–Kier alpha value is -1.03. The van der Waals surface area contributed by atoms with Crippen molar-refractivity contribution in [2.45, 2.75) is 37.8 Å². The zero-order chi connectivity index (χ0) is 13.4. The number of rotatable bonds is 3. The lowest BCUT2D eigenvalue weighted by molar-refractivity contribution is -0.137. The van der Waals surface area contributed by atoms with Crippen molar-refractivity contribution in [3.05, 3.63) is 35.4 Å². The Morgan fingerprint density at radius 2 is 2.00 bits per heavy atom. The van der Waals surface area contributed by atoms with Crippen LogP contribution in [0.5, 0.6) is 0 Å². The summed E-state index contributed by atoms with van der Waals surface area (Å²) in [5.41, 5.74) is 5.73. The molecule has 1 aliphatic rings. The van der Waals surface area contributed by atoms with E-state index >= 15 is 0 Å². The van der Waals surface area contributed by atoms with E-state index in [1.165, 1.54) is 12.1 Å². The topological polar surface area (TPSA) is 26.0 Å². The van der Waals surface area contributed by atoms with E-state index in [1.807, 2.05) is 0 Å². The van der Waals surface area contributed by atoms with Gasteiger partial charge in [0.25, 0.3) is 0 Å². The minimum Gasteiger partial charge on any atom is -0.330 e. The van der Waals surface area contributed by atoms with Gasteiger partial charge < -0.3 is 5.73 Å². The Morgan fingerprint density at radius 3 is 2.50 bits per heavy atom. The SMILES string of the molecule is CCC1CC(CN)(c2cccc(C(F)(F)F)c2)C1. The molecule has 1 aromatic rings. The van der Waals surface area contributed by atoms with Crippen molar-refractivity contribution in [3.8, 4) is 0 Å². The van der Waals surface area contributed by atoms with Gasteiger partial charge in [-0.1, -0.05) is 31.5 Å². The van der Waals surface area contributed by atoms with Gasteiger partial charge in [-0.2, -0.15) is 13.2 Å². The first-order valence-electron chi connectivity index (χ1n) is 6.29. The molecule has 2 N–H and O–H groups in total. The fourth-order valence-corrected chi connectivity index (χ4v) is 2.88. The van der Waals surface area contributed by atoms with Crippen LogP contribution in [0.1, 0.15) is 37.3 Å². The first-order chi connectivity index (χ1) is 8.41. The van der Waals surface area contributed by atoms with Crippen molar-refractivity contribution in [2.24, 2.45) is 11.7 Å². The summed E-state index contributed by atoms with van der Waals surface area (Å²) in [4.78, 5) is 0. The number of nitrogens with two attached hydrogens (primary N) is 1. The van der Waals surface area contributed by atoms with Crippen LogP contribution in [0, 0.1) is 5.92 Å². The quantitative estimate of drug-likeness (QED) is 0.877. The van der Waals surface area contributed by atoms with Gasteiger partial charge in [0.1, 0.15) is 0 Å². The third kappa shape index (κ3) is 2.26. The molecule has 0 aliphatic heterocycles. The van der Waals surface area contributed by atoms with E-state index in [0.29, 0.717) is 12.5 Å². The van der Waals surface area contributed by atoms with E-state index in [4.69, 9.17) is 5.73 Å². The third-order valence-electron chi connectivity index (χ3n) is 4.13. The highest BCUT2D eigenvalue weighted by atomic mass is 19.4. The summed E-state index contributed by atoms with van der Waals surface area (Å²) in [6, 6.07) is 5.63. The Balaban J connectivity index is 2.28. The summed E-state index contributed by atoms with van der Waals surface area (Å²) in [6.07, 6.45) is -1.40. The van der Waals surface area contributed by atoms with E-state index in [2.05, 4.69) is 6.92 Å². The summed E-state index contributed by atoms with van der Waals surface area (Å²) in [7, 11) is 0. The van der Waals surface area contributed by atoms with Gasteiger partial charge in [0, 0.05) is 12.0 Å². The summed E-state index contributed by atoms with van der Waals surface area (Å²) < 4.78 is 38.1. The van der Waals surface area contributed by atoms with Crippen molar-refractivity contribution >= 4 is 0 Å². The molecule has 0 saturated heterocycles. The van der Waals surface area contributed by atoms with Crippen LogP contribution in [0.25, 0.3) is 0 Å². The van der Waals surface area contributed by atoms with Crippen LogP contribution in [0.2, 0.25) is 0 Å². The molecule has 0 atom stereocenters. The number of hydrogen-bond donors (Lipinski definition) is 1. The molecule has 1 saturated carbocycles. The van der Waals surface area contributed by atoms with Gasteiger partial charge in [-0.05, 0) is 30.4 Å². The molecule has 1 aliphatic carbocycles. The van der Waals surface area contributed by atoms with E-state index in [-0.39, 0.29) is 5.41 Å². The van der Waals surface area contributed by atoms with Gasteiger partial charge in [-0.25, -0.2) is 0 Å². The minimum atomic E-state index is -4.28. The molecule has 0 spiro atoms. The van der Waals surface area contributed by atoms with Gasteiger partial charge in [0.2, 0.25) is 0 Å². The predicted octanol–water partition coefficient (Wildman–Crippen LogP) is 3.72. The second-order valence-corrected chi connectivity index (χ2v) is 5.25. The summed E-state index contributed by atoms with van der Waals surface area (Å²) in [5.74, 6) is 0.600. The molecule has 100 valence electrons. The number of alkyl halides is 3. The lowest BCUT2D eigenvalue weighted by Gasteiger charge is -2.47. The predicted molar refractivity (Wildman–Crippen MR) is 65.2 cm³/mol. The van der Waals surface area contributed by atoms with Gasteiger partial charge in [-0.15, -0.1) is 0 Å². The summed E-state index contributed by atoms with van der Waals surface area (Å²) in [6.45, 7) is 2.53. The Kier molecular flexibility index (Phi) is 3.41. The molecule has 1 aromatic carbocycles. The summed E-state index contributed by atoms with van der Waals surface area (Å²) in [5, 5.41) is 0. The monoisotopic (exact) mass is 257 g/mol. The van der Waals surface area contributed by atoms with Crippen LogP contribution >= 0.6 is 0 Å². The van der Waals surface area contributed by atoms with E-state index < -0.39 is 11.7 Å². The minimum absolute atomic E-state index is 0.234. The van der Waals surface area contributed by atoms with Crippen LogP contribution in [-0.2, 0) is 11.6 Å². The summed E-state index contributed by atoms with van der Waals surface area (Å²) >= 11 is 0. The number of halogens is 3. The van der Waals surface area contributed by atoms with Crippen LogP contribution in [-0.4, -0.2) is 6.54 Å². The Morgan fingerprint density at radius 1 is 1.33 bits per heavy atom. The normalized spacial score (nSPS) is 27.9. The first kappa shape index (κ1) is 13.4. The molecular formula is C14H18F3N. The number of hydrogen-bond acceptors (Lipinski definition) is 1. The van der Waals surface area contributed by atoms with Crippen molar-refractivity contribution in [1.29, 1.82) is 0 Å². The van der Waals surface area contributed by atoms with Crippen molar-refractivity contribution < 1.29 is 13.2 Å². The highest BCUT2D eigenvalue weighted by molar-refractivity contribution is 5.34. The average Bonchev–Trinajstić information content (AvgIpc) is 2.28. The highest BCUT2D eigenvalue weighted by Crippen LogP contribution is 2.49. The Labute approximate surface area is 105 Å². The first-order valence-corrected chi connectivity index (χ1v) is 6.29. The zero-order valence-corrected chi connectivity index (χ0v) is 10.4. The number of benzene rings is 1. The maximum absolute atomic E-state index is 12.7. The fraction of sp³-hybridized carbons (Fsp3) is 0.571. The lowest BCUT2D eigenvalue weighted by Crippen LogP contribution is -2.47. The molecule has 18 heavy (non-hydrogen) atoms. The van der Waals surface area contributed by atoms with Gasteiger partial charge >= 0.3 is 6.18 Å². The highest BCUT2D eigenvalue weighted by Gasteiger charge is 2.44. The molecular weight excluding hydrogens is 239 g/mol. The zero-order valence-electron chi connectivity index (χ0n) is 10.4. The van der Waals surface area contributed by atoms with Gasteiger partial charge in [-0.3, -0.25) is 0 Å². The third-order valence-corrected chi connectivity index (χ3v) is 4.13. The standard InChI is InChI=1S/C14H18F3N/c1-2-10-7-13(8-10,9-18)11-4-3-5-12(6-11)14(15,16)17/h3-6,10H,2,7-9,18H2,1H3. The maximum Gasteiger partial charge on any atom is 0.416 e. The largest absolute Gasteiger partial charge is 0.416 e. The van der Waals surface area contributed by atoms with Crippen molar-refractivity contribution in [1.82, 2.24) is 0 Å². The molecule has 1 nitrogen and oxygen atoms in total. The molecule has 2 rings (SSSR count). The molecule has 0 radical (unpaired) electrons. The molecule has 4 heteroatoms. The Bertz CT molecular complexity index is 419. The molecule has 0 unspecified atom stereocenters. The molecule has 0 amide bonds. The smallest absolute Gasteiger partial charge is 0.330 e. The lowest BCUT2D eigenvalue weighted by atomic mass is 9.58. The average molecular weight is 257 g/mol. The van der Waals surface area contributed by atoms with Gasteiger partial charge in [0.15, 0.2) is 0 Å². The van der Waals surface area contributed by atoms with Crippen LogP contribution < -0.4 is 5.73 Å². The van der Waals surface area contributed by atoms with Crippen molar-refractivity contribution in [3.63, 3.8) is 0 Å². The van der Waals surface area contributed by atoms with Crippen molar-refractivity contribution in [2.75, 3.05) is 6.54 Å². The molecule has 0 aromatic heterocycles.